The molecular weight excluding hydrogens is 392 g/mol. The molecule has 0 saturated heterocycles. The van der Waals surface area contributed by atoms with Crippen molar-refractivity contribution in [3.8, 4) is 11.5 Å². The molecule has 2 heterocycles. The van der Waals surface area contributed by atoms with E-state index < -0.39 is 16.9 Å². The number of amides is 1. The van der Waals surface area contributed by atoms with E-state index in [2.05, 4.69) is 14.8 Å². The summed E-state index contributed by atoms with van der Waals surface area (Å²) in [5.74, 6) is 0.177. The van der Waals surface area contributed by atoms with Crippen LogP contribution in [0.15, 0.2) is 53.7 Å². The maximum Gasteiger partial charge on any atom is 0.281 e. The van der Waals surface area contributed by atoms with Gasteiger partial charge < -0.3 is 9.47 Å². The van der Waals surface area contributed by atoms with Crippen molar-refractivity contribution in [2.45, 2.75) is 24.8 Å². The molecule has 1 unspecified atom stereocenters. The molecule has 0 bridgehead atoms. The first-order chi connectivity index (χ1) is 14.1. The average Bonchev–Trinajstić information content (AvgIpc) is 3.26. The summed E-state index contributed by atoms with van der Waals surface area (Å²) in [5.41, 5.74) is 1.95. The Morgan fingerprint density at radius 3 is 2.45 bits per heavy atom. The summed E-state index contributed by atoms with van der Waals surface area (Å²) in [6.07, 6.45) is 4.23. The highest BCUT2D eigenvalue weighted by Gasteiger charge is 2.20. The van der Waals surface area contributed by atoms with Gasteiger partial charge in [0.05, 0.1) is 20.8 Å². The van der Waals surface area contributed by atoms with Crippen molar-refractivity contribution >= 4 is 16.9 Å². The maximum atomic E-state index is 12.8. The molecule has 3 rings (SSSR count). The molecule has 9 heteroatoms. The minimum Gasteiger partial charge on any atom is -0.495 e. The standard InChI is InChI=1S/C20H22N4O4S/c1-4-15-14(13-24-12-6-11-21-24)9-10-16(22-15)20(25)23-29(26)19-17(27-2)7-5-8-18(19)28-3/h5-12H,4,13H2,1-3H3,(H,23,25). The minimum atomic E-state index is -1.88. The van der Waals surface area contributed by atoms with Gasteiger partial charge in [-0.25, -0.2) is 9.19 Å². The van der Waals surface area contributed by atoms with E-state index in [0.717, 1.165) is 11.3 Å². The third kappa shape index (κ3) is 4.62. The molecule has 2 aromatic heterocycles. The van der Waals surface area contributed by atoms with Crippen LogP contribution >= 0.6 is 0 Å². The third-order valence-electron chi connectivity index (χ3n) is 4.28. The maximum absolute atomic E-state index is 12.8. The lowest BCUT2D eigenvalue weighted by atomic mass is 10.1. The number of benzene rings is 1. The van der Waals surface area contributed by atoms with Crippen LogP contribution in [0.3, 0.4) is 0 Å². The van der Waals surface area contributed by atoms with Gasteiger partial charge in [0, 0.05) is 18.1 Å². The lowest BCUT2D eigenvalue weighted by molar-refractivity contribution is 0.0978. The van der Waals surface area contributed by atoms with Crippen LogP contribution in [-0.4, -0.2) is 39.1 Å². The van der Waals surface area contributed by atoms with E-state index in [-0.39, 0.29) is 10.6 Å². The first-order valence-electron chi connectivity index (χ1n) is 8.97. The largest absolute Gasteiger partial charge is 0.495 e. The molecule has 8 nitrogen and oxygen atoms in total. The van der Waals surface area contributed by atoms with Gasteiger partial charge in [-0.2, -0.15) is 5.10 Å². The van der Waals surface area contributed by atoms with Crippen LogP contribution in [0, 0.1) is 0 Å². The molecule has 0 aliphatic carbocycles. The Labute approximate surface area is 171 Å². The zero-order valence-corrected chi connectivity index (χ0v) is 17.2. The van der Waals surface area contributed by atoms with Crippen LogP contribution in [0.5, 0.6) is 11.5 Å². The van der Waals surface area contributed by atoms with Gasteiger partial charge in [0.15, 0.2) is 11.0 Å². The van der Waals surface area contributed by atoms with E-state index in [4.69, 9.17) is 9.47 Å². The Morgan fingerprint density at radius 2 is 1.86 bits per heavy atom. The monoisotopic (exact) mass is 414 g/mol. The molecule has 0 aliphatic heterocycles. The van der Waals surface area contributed by atoms with E-state index in [9.17, 15) is 9.00 Å². The molecule has 1 amide bonds. The van der Waals surface area contributed by atoms with Gasteiger partial charge in [-0.15, -0.1) is 0 Å². The molecule has 3 aromatic rings. The fraction of sp³-hybridized carbons (Fsp3) is 0.250. The van der Waals surface area contributed by atoms with Crippen LogP contribution in [0.4, 0.5) is 0 Å². The number of hydrogen-bond donors (Lipinski definition) is 1. The van der Waals surface area contributed by atoms with Gasteiger partial charge in [-0.1, -0.05) is 19.1 Å². The van der Waals surface area contributed by atoms with Gasteiger partial charge in [0.25, 0.3) is 5.91 Å². The van der Waals surface area contributed by atoms with Crippen LogP contribution in [-0.2, 0) is 24.0 Å². The van der Waals surface area contributed by atoms with Crippen molar-refractivity contribution in [1.29, 1.82) is 0 Å². The molecule has 1 atom stereocenters. The van der Waals surface area contributed by atoms with Crippen molar-refractivity contribution in [2.24, 2.45) is 0 Å². The number of carbonyl (C=O) groups excluding carboxylic acids is 1. The van der Waals surface area contributed by atoms with E-state index in [1.54, 1.807) is 35.1 Å². The first-order valence-corrected chi connectivity index (χ1v) is 10.1. The Balaban J connectivity index is 1.81. The van der Waals surface area contributed by atoms with Crippen LogP contribution < -0.4 is 14.2 Å². The second kappa shape index (κ2) is 9.33. The van der Waals surface area contributed by atoms with E-state index in [0.29, 0.717) is 24.5 Å². The lowest BCUT2D eigenvalue weighted by Crippen LogP contribution is -2.27. The Morgan fingerprint density at radius 1 is 1.14 bits per heavy atom. The Bertz CT molecular complexity index is 999. The number of hydrogen-bond acceptors (Lipinski definition) is 6. The summed E-state index contributed by atoms with van der Waals surface area (Å²) in [7, 11) is 1.05. The van der Waals surface area contributed by atoms with Crippen molar-refractivity contribution in [3.63, 3.8) is 0 Å². The predicted molar refractivity (Wildman–Crippen MR) is 108 cm³/mol. The zero-order chi connectivity index (χ0) is 20.8. The van der Waals surface area contributed by atoms with Gasteiger partial charge in [0.1, 0.15) is 22.1 Å². The number of pyridine rings is 1. The predicted octanol–water partition coefficient (Wildman–Crippen LogP) is 2.36. The van der Waals surface area contributed by atoms with Gasteiger partial charge in [0.2, 0.25) is 0 Å². The number of nitrogens with zero attached hydrogens (tertiary/aromatic N) is 3. The van der Waals surface area contributed by atoms with Gasteiger partial charge in [-0.05, 0) is 36.2 Å². The molecule has 29 heavy (non-hydrogen) atoms. The number of rotatable bonds is 8. The van der Waals surface area contributed by atoms with Crippen LogP contribution in [0.25, 0.3) is 0 Å². The number of nitrogens with one attached hydrogen (secondary N) is 1. The Kier molecular flexibility index (Phi) is 6.61. The summed E-state index contributed by atoms with van der Waals surface area (Å²) in [5, 5.41) is 4.20. The number of aryl methyl sites for hydroxylation is 1. The SMILES string of the molecule is CCc1nc(C(=O)NS(=O)c2c(OC)cccc2OC)ccc1Cn1cccn1. The summed E-state index contributed by atoms with van der Waals surface area (Å²) >= 11 is 0. The molecule has 1 aromatic carbocycles. The quantitative estimate of drug-likeness (QED) is 0.608. The summed E-state index contributed by atoms with van der Waals surface area (Å²) in [6.45, 7) is 2.53. The van der Waals surface area contributed by atoms with Crippen molar-refractivity contribution in [2.75, 3.05) is 14.2 Å². The number of aromatic nitrogens is 3. The number of carbonyl (C=O) groups is 1. The average molecular weight is 414 g/mol. The molecular formula is C20H22N4O4S. The molecule has 1 N–H and O–H groups in total. The second-order valence-corrected chi connectivity index (χ2v) is 7.20. The fourth-order valence-corrected chi connectivity index (χ4v) is 3.91. The molecule has 0 saturated carbocycles. The second-order valence-electron chi connectivity index (χ2n) is 6.05. The van der Waals surface area contributed by atoms with E-state index in [1.807, 2.05) is 25.3 Å². The number of ether oxygens (including phenoxy) is 2. The fourth-order valence-electron chi connectivity index (χ4n) is 2.86. The highest BCUT2D eigenvalue weighted by atomic mass is 32.2. The lowest BCUT2D eigenvalue weighted by Gasteiger charge is -2.13. The molecule has 0 fully saturated rings. The van der Waals surface area contributed by atoms with Gasteiger partial charge in [-0.3, -0.25) is 14.2 Å². The smallest absolute Gasteiger partial charge is 0.281 e. The summed E-state index contributed by atoms with van der Waals surface area (Å²) in [6, 6.07) is 10.3. The minimum absolute atomic E-state index is 0.188. The van der Waals surface area contributed by atoms with Crippen molar-refractivity contribution in [1.82, 2.24) is 19.5 Å². The number of methoxy groups -OCH3 is 2. The highest BCUT2D eigenvalue weighted by Crippen LogP contribution is 2.30. The zero-order valence-electron chi connectivity index (χ0n) is 16.4. The molecule has 0 aliphatic rings. The van der Waals surface area contributed by atoms with Gasteiger partial charge >= 0.3 is 0 Å². The highest BCUT2D eigenvalue weighted by molar-refractivity contribution is 7.84. The molecule has 152 valence electrons. The molecule has 0 spiro atoms. The molecule has 0 radical (unpaired) electrons. The first kappa shape index (κ1) is 20.5. The van der Waals surface area contributed by atoms with Crippen molar-refractivity contribution in [3.05, 3.63) is 65.7 Å². The Hall–Kier alpha value is -3.20. The van der Waals surface area contributed by atoms with Crippen LogP contribution in [0.1, 0.15) is 28.7 Å². The third-order valence-corrected chi connectivity index (χ3v) is 5.42. The van der Waals surface area contributed by atoms with Crippen LogP contribution in [0.2, 0.25) is 0 Å². The topological polar surface area (TPSA) is 95.3 Å². The summed E-state index contributed by atoms with van der Waals surface area (Å²) in [4.78, 5) is 17.4. The normalized spacial score (nSPS) is 11.7. The summed E-state index contributed by atoms with van der Waals surface area (Å²) < 4.78 is 27.6. The van der Waals surface area contributed by atoms with Crippen molar-refractivity contribution < 1.29 is 18.5 Å². The van der Waals surface area contributed by atoms with E-state index in [1.165, 1.54) is 14.2 Å². The van der Waals surface area contributed by atoms with E-state index >= 15 is 0 Å².